The number of nitrogens with zero attached hydrogens (tertiary/aromatic N) is 4. The van der Waals surface area contributed by atoms with Crippen LogP contribution in [0.1, 0.15) is 17.9 Å². The van der Waals surface area contributed by atoms with Crippen LogP contribution in [0, 0.1) is 0 Å². The summed E-state index contributed by atoms with van der Waals surface area (Å²) < 4.78 is 5.29. The Balaban J connectivity index is 1.41. The molecule has 0 aliphatic carbocycles. The van der Waals surface area contributed by atoms with Crippen LogP contribution in [0.5, 0.6) is 0 Å². The van der Waals surface area contributed by atoms with Gasteiger partial charge in [-0.25, -0.2) is 4.98 Å². The molecule has 0 spiro atoms. The maximum absolute atomic E-state index is 5.29. The van der Waals surface area contributed by atoms with Crippen molar-refractivity contribution in [3.05, 3.63) is 60.5 Å². The van der Waals surface area contributed by atoms with Crippen molar-refractivity contribution in [2.24, 2.45) is 0 Å². The quantitative estimate of drug-likeness (QED) is 0.612. The van der Waals surface area contributed by atoms with Crippen molar-refractivity contribution < 1.29 is 4.52 Å². The monoisotopic (exact) mass is 305 g/mol. The van der Waals surface area contributed by atoms with Crippen LogP contribution in [0.15, 0.2) is 53.6 Å². The first kappa shape index (κ1) is 13.6. The van der Waals surface area contributed by atoms with E-state index in [2.05, 4.69) is 49.5 Å². The van der Waals surface area contributed by atoms with Crippen molar-refractivity contribution in [1.82, 2.24) is 25.1 Å². The average Bonchev–Trinajstić information content (AvgIpc) is 3.23. The van der Waals surface area contributed by atoms with E-state index in [0.29, 0.717) is 17.4 Å². The molecule has 0 amide bonds. The van der Waals surface area contributed by atoms with Gasteiger partial charge in [-0.05, 0) is 24.5 Å². The van der Waals surface area contributed by atoms with Crippen molar-refractivity contribution in [1.29, 1.82) is 0 Å². The third kappa shape index (κ3) is 2.83. The molecule has 0 saturated carbocycles. The van der Waals surface area contributed by atoms with Gasteiger partial charge < -0.3 is 9.51 Å². The van der Waals surface area contributed by atoms with Gasteiger partial charge in [0.1, 0.15) is 5.69 Å². The van der Waals surface area contributed by atoms with E-state index in [1.165, 1.54) is 16.5 Å². The highest BCUT2D eigenvalue weighted by atomic mass is 16.5. The summed E-state index contributed by atoms with van der Waals surface area (Å²) in [5, 5.41) is 5.23. The van der Waals surface area contributed by atoms with Gasteiger partial charge in [0.25, 0.3) is 0 Å². The van der Waals surface area contributed by atoms with E-state index < -0.39 is 0 Å². The fraction of sp³-hybridized carbons (Fsp3) is 0.176. The number of aromatic amines is 1. The summed E-state index contributed by atoms with van der Waals surface area (Å²) in [5.74, 6) is 1.12. The molecule has 6 heteroatoms. The lowest BCUT2D eigenvalue weighted by Crippen LogP contribution is -1.90. The van der Waals surface area contributed by atoms with Crippen molar-refractivity contribution in [2.45, 2.75) is 19.3 Å². The van der Waals surface area contributed by atoms with Crippen LogP contribution in [-0.2, 0) is 12.8 Å². The van der Waals surface area contributed by atoms with Crippen LogP contribution in [-0.4, -0.2) is 25.1 Å². The molecule has 114 valence electrons. The molecular formula is C17H15N5O. The lowest BCUT2D eigenvalue weighted by molar-refractivity contribution is 0.376. The first-order valence-corrected chi connectivity index (χ1v) is 7.54. The molecule has 1 aromatic carbocycles. The van der Waals surface area contributed by atoms with Gasteiger partial charge in [0.15, 0.2) is 0 Å². The summed E-state index contributed by atoms with van der Waals surface area (Å²) in [6.45, 7) is 0. The smallest absolute Gasteiger partial charge is 0.227 e. The molecule has 3 aromatic heterocycles. The molecule has 4 rings (SSSR count). The van der Waals surface area contributed by atoms with E-state index in [-0.39, 0.29) is 0 Å². The minimum absolute atomic E-state index is 0.486. The zero-order valence-electron chi connectivity index (χ0n) is 12.4. The molecule has 1 N–H and O–H groups in total. The number of aromatic nitrogens is 5. The second-order valence-corrected chi connectivity index (χ2v) is 5.32. The Morgan fingerprint density at radius 1 is 1.09 bits per heavy atom. The van der Waals surface area contributed by atoms with E-state index in [1.807, 2.05) is 6.07 Å². The molecule has 0 saturated heterocycles. The number of fused-ring (bicyclic) bond motifs is 1. The van der Waals surface area contributed by atoms with Crippen LogP contribution in [0.25, 0.3) is 22.4 Å². The second kappa shape index (κ2) is 6.00. The van der Waals surface area contributed by atoms with E-state index in [9.17, 15) is 0 Å². The van der Waals surface area contributed by atoms with Gasteiger partial charge in [-0.15, -0.1) is 0 Å². The zero-order chi connectivity index (χ0) is 15.5. The summed E-state index contributed by atoms with van der Waals surface area (Å²) >= 11 is 0. The van der Waals surface area contributed by atoms with Crippen molar-refractivity contribution in [2.75, 3.05) is 0 Å². The first-order valence-electron chi connectivity index (χ1n) is 7.54. The predicted molar refractivity (Wildman–Crippen MR) is 85.6 cm³/mol. The van der Waals surface area contributed by atoms with E-state index in [0.717, 1.165) is 19.3 Å². The summed E-state index contributed by atoms with van der Waals surface area (Å²) in [6, 6.07) is 8.32. The Morgan fingerprint density at radius 3 is 2.96 bits per heavy atom. The molecule has 0 atom stereocenters. The number of aryl methyl sites for hydroxylation is 2. The number of benzene rings is 1. The number of nitrogens with one attached hydrogen (secondary N) is 1. The topological polar surface area (TPSA) is 80.5 Å². The van der Waals surface area contributed by atoms with Crippen LogP contribution in [0.2, 0.25) is 0 Å². The minimum atomic E-state index is 0.486. The maximum atomic E-state index is 5.29. The van der Waals surface area contributed by atoms with Gasteiger partial charge in [-0.3, -0.25) is 4.98 Å². The SMILES string of the molecule is c1ccc2c(CCCc3nc(-c4cnccn4)no3)c[nH]c2c1. The average molecular weight is 305 g/mol. The zero-order valence-corrected chi connectivity index (χ0v) is 12.4. The Kier molecular flexibility index (Phi) is 3.56. The standard InChI is InChI=1S/C17H15N5O/c1-2-6-14-13(5-1)12(10-20-14)4-3-7-16-21-17(22-23-16)15-11-18-8-9-19-15/h1-2,5-6,8-11,20H,3-4,7H2. The maximum Gasteiger partial charge on any atom is 0.227 e. The minimum Gasteiger partial charge on any atom is -0.361 e. The van der Waals surface area contributed by atoms with Crippen molar-refractivity contribution >= 4 is 10.9 Å². The fourth-order valence-electron chi connectivity index (χ4n) is 2.64. The molecule has 0 bridgehead atoms. The molecule has 0 unspecified atom stereocenters. The number of H-pyrrole nitrogens is 1. The number of rotatable bonds is 5. The third-order valence-corrected chi connectivity index (χ3v) is 3.77. The van der Waals surface area contributed by atoms with E-state index >= 15 is 0 Å². The summed E-state index contributed by atoms with van der Waals surface area (Å²) in [7, 11) is 0. The number of hydrogen-bond donors (Lipinski definition) is 1. The largest absolute Gasteiger partial charge is 0.361 e. The second-order valence-electron chi connectivity index (χ2n) is 5.32. The Morgan fingerprint density at radius 2 is 2.04 bits per heavy atom. The highest BCUT2D eigenvalue weighted by Crippen LogP contribution is 2.20. The van der Waals surface area contributed by atoms with Gasteiger partial charge >= 0.3 is 0 Å². The molecule has 6 nitrogen and oxygen atoms in total. The highest BCUT2D eigenvalue weighted by molar-refractivity contribution is 5.82. The Labute approximate surface area is 132 Å². The molecular weight excluding hydrogens is 290 g/mol. The lowest BCUT2D eigenvalue weighted by atomic mass is 10.1. The van der Waals surface area contributed by atoms with Gasteiger partial charge in [-0.1, -0.05) is 23.4 Å². The lowest BCUT2D eigenvalue weighted by Gasteiger charge is -1.97. The van der Waals surface area contributed by atoms with Gasteiger partial charge in [0.05, 0.1) is 6.20 Å². The number of hydrogen-bond acceptors (Lipinski definition) is 5. The van der Waals surface area contributed by atoms with Crippen LogP contribution < -0.4 is 0 Å². The fourth-order valence-corrected chi connectivity index (χ4v) is 2.64. The molecule has 4 aromatic rings. The number of para-hydroxylation sites is 1. The van der Waals surface area contributed by atoms with Crippen LogP contribution in [0.4, 0.5) is 0 Å². The molecule has 0 radical (unpaired) electrons. The van der Waals surface area contributed by atoms with E-state index in [1.54, 1.807) is 18.6 Å². The van der Waals surface area contributed by atoms with Crippen molar-refractivity contribution in [3.8, 4) is 11.5 Å². The van der Waals surface area contributed by atoms with Crippen molar-refractivity contribution in [3.63, 3.8) is 0 Å². The molecule has 23 heavy (non-hydrogen) atoms. The third-order valence-electron chi connectivity index (χ3n) is 3.77. The normalized spacial score (nSPS) is 11.1. The molecule has 0 aliphatic rings. The highest BCUT2D eigenvalue weighted by Gasteiger charge is 2.10. The molecule has 3 heterocycles. The van der Waals surface area contributed by atoms with Crippen LogP contribution in [0.3, 0.4) is 0 Å². The van der Waals surface area contributed by atoms with Gasteiger partial charge in [-0.2, -0.15) is 4.98 Å². The summed E-state index contributed by atoms with van der Waals surface area (Å²) in [4.78, 5) is 15.8. The first-order chi connectivity index (χ1) is 11.4. The van der Waals surface area contributed by atoms with Crippen LogP contribution >= 0.6 is 0 Å². The van der Waals surface area contributed by atoms with Gasteiger partial charge in [0.2, 0.25) is 11.7 Å². The Bertz CT molecular complexity index is 913. The summed E-state index contributed by atoms with van der Waals surface area (Å²) in [5.41, 5.74) is 3.11. The molecule has 0 fully saturated rings. The predicted octanol–water partition coefficient (Wildman–Crippen LogP) is 3.18. The molecule has 0 aliphatic heterocycles. The summed E-state index contributed by atoms with van der Waals surface area (Å²) in [6.07, 6.45) is 9.59. The Hall–Kier alpha value is -3.02. The van der Waals surface area contributed by atoms with Gasteiger partial charge in [0, 0.05) is 35.9 Å². The van der Waals surface area contributed by atoms with E-state index in [4.69, 9.17) is 4.52 Å².